The Labute approximate surface area is 298 Å². The Balaban J connectivity index is 1.43. The van der Waals surface area contributed by atoms with Crippen LogP contribution in [0.25, 0.3) is 5.57 Å². The number of rotatable bonds is 13. The van der Waals surface area contributed by atoms with Crippen molar-refractivity contribution in [1.29, 1.82) is 0 Å². The van der Waals surface area contributed by atoms with Gasteiger partial charge in [0.1, 0.15) is 4.90 Å². The van der Waals surface area contributed by atoms with E-state index in [1.807, 2.05) is 43.3 Å². The van der Waals surface area contributed by atoms with Crippen molar-refractivity contribution in [3.8, 4) is 0 Å². The molecule has 4 aromatic carbocycles. The first-order valence-electron chi connectivity index (χ1n) is 15.8. The first kappa shape index (κ1) is 37.6. The third-order valence-electron chi connectivity index (χ3n) is 8.02. The van der Waals surface area contributed by atoms with Gasteiger partial charge in [0.2, 0.25) is 0 Å². The van der Waals surface area contributed by atoms with E-state index in [0.717, 1.165) is 16.8 Å². The highest BCUT2D eigenvalue weighted by Gasteiger charge is 2.21. The second-order valence-corrected chi connectivity index (χ2v) is 15.9. The first-order valence-corrected chi connectivity index (χ1v) is 20.1. The zero-order valence-corrected chi connectivity index (χ0v) is 30.1. The van der Waals surface area contributed by atoms with Crippen molar-refractivity contribution >= 4 is 47.3 Å². The number of benzene rings is 4. The Hall–Kier alpha value is -4.70. The van der Waals surface area contributed by atoms with E-state index in [0.29, 0.717) is 34.4 Å². The molecule has 14 heteroatoms. The van der Waals surface area contributed by atoms with Crippen molar-refractivity contribution in [2.24, 2.45) is 4.99 Å². The van der Waals surface area contributed by atoms with Crippen molar-refractivity contribution < 1.29 is 38.5 Å². The van der Waals surface area contributed by atoms with Crippen LogP contribution in [-0.2, 0) is 41.1 Å². The highest BCUT2D eigenvalue weighted by Crippen LogP contribution is 2.35. The smallest absolute Gasteiger partial charge is 0.296 e. The molecule has 51 heavy (non-hydrogen) atoms. The fourth-order valence-corrected chi connectivity index (χ4v) is 7.60. The third kappa shape index (κ3) is 9.35. The molecule has 0 radical (unpaired) electrons. The number of hydrogen-bond acceptors (Lipinski definition) is 9. The van der Waals surface area contributed by atoms with Crippen molar-refractivity contribution in [2.75, 3.05) is 11.9 Å². The molecular formula is C37H36N2O9S3. The second-order valence-electron chi connectivity index (χ2n) is 11.4. The van der Waals surface area contributed by atoms with Crippen LogP contribution in [0.5, 0.6) is 0 Å². The molecule has 0 spiro atoms. The maximum Gasteiger partial charge on any atom is 0.296 e. The SMILES string of the molecule is CCOS(=O)(=O)c1ccc(CN=C2C=CC(=C(c3ccc(NC(CC)c4ccc(S(=O)(=O)O)cc4)cc3)c3ccccc3S(=O)(=O)O)C=C2)cc1. The van der Waals surface area contributed by atoms with Crippen molar-refractivity contribution in [3.63, 3.8) is 0 Å². The Morgan fingerprint density at radius 3 is 1.90 bits per heavy atom. The number of anilines is 1. The summed E-state index contributed by atoms with van der Waals surface area (Å²) in [5.74, 6) is 0. The van der Waals surface area contributed by atoms with E-state index in [1.165, 1.54) is 36.4 Å². The van der Waals surface area contributed by atoms with Gasteiger partial charge in [-0.1, -0.05) is 73.7 Å². The van der Waals surface area contributed by atoms with Gasteiger partial charge in [-0.3, -0.25) is 18.3 Å². The molecule has 3 N–H and O–H groups in total. The lowest BCUT2D eigenvalue weighted by atomic mass is 9.90. The summed E-state index contributed by atoms with van der Waals surface area (Å²) in [6.45, 7) is 3.90. The zero-order valence-electron chi connectivity index (χ0n) is 27.7. The predicted molar refractivity (Wildman–Crippen MR) is 196 cm³/mol. The van der Waals surface area contributed by atoms with E-state index in [1.54, 1.807) is 55.5 Å². The molecule has 1 aliphatic carbocycles. The lowest BCUT2D eigenvalue weighted by Gasteiger charge is -2.20. The van der Waals surface area contributed by atoms with Crippen LogP contribution in [0, 0.1) is 0 Å². The molecule has 1 aliphatic rings. The molecule has 0 aliphatic heterocycles. The van der Waals surface area contributed by atoms with E-state index in [4.69, 9.17) is 4.18 Å². The number of nitrogens with one attached hydrogen (secondary N) is 1. The average molecular weight is 749 g/mol. The summed E-state index contributed by atoms with van der Waals surface area (Å²) >= 11 is 0. The maximum atomic E-state index is 12.5. The van der Waals surface area contributed by atoms with Gasteiger partial charge < -0.3 is 5.32 Å². The van der Waals surface area contributed by atoms with Gasteiger partial charge >= 0.3 is 0 Å². The summed E-state index contributed by atoms with van der Waals surface area (Å²) < 4.78 is 96.3. The molecular weight excluding hydrogens is 713 g/mol. The molecule has 266 valence electrons. The summed E-state index contributed by atoms with van der Waals surface area (Å²) in [4.78, 5) is 4.25. The molecule has 0 bridgehead atoms. The van der Waals surface area contributed by atoms with Crippen molar-refractivity contribution in [2.45, 2.75) is 47.5 Å². The Bertz CT molecular complexity index is 2330. The van der Waals surface area contributed by atoms with E-state index in [-0.39, 0.29) is 33.9 Å². The molecule has 0 saturated carbocycles. The van der Waals surface area contributed by atoms with Gasteiger partial charge in [0.15, 0.2) is 0 Å². The molecule has 11 nitrogen and oxygen atoms in total. The van der Waals surface area contributed by atoms with Crippen LogP contribution in [-0.4, -0.2) is 46.7 Å². The third-order valence-corrected chi connectivity index (χ3v) is 11.2. The van der Waals surface area contributed by atoms with E-state index in [9.17, 15) is 34.4 Å². The van der Waals surface area contributed by atoms with Crippen LogP contribution in [0.4, 0.5) is 5.69 Å². The molecule has 1 atom stereocenters. The molecule has 0 fully saturated rings. The van der Waals surface area contributed by atoms with Gasteiger partial charge in [0, 0.05) is 11.3 Å². The van der Waals surface area contributed by atoms with Gasteiger partial charge in [0.25, 0.3) is 30.4 Å². The Morgan fingerprint density at radius 1 is 0.725 bits per heavy atom. The van der Waals surface area contributed by atoms with Crippen LogP contribution in [0.1, 0.15) is 48.6 Å². The maximum absolute atomic E-state index is 12.5. The molecule has 1 unspecified atom stereocenters. The fraction of sp³-hybridized carbons (Fsp3) is 0.162. The summed E-state index contributed by atoms with van der Waals surface area (Å²) in [6.07, 6.45) is 7.86. The minimum atomic E-state index is -4.58. The van der Waals surface area contributed by atoms with E-state index < -0.39 is 30.4 Å². The van der Waals surface area contributed by atoms with E-state index in [2.05, 4.69) is 10.3 Å². The first-order chi connectivity index (χ1) is 24.2. The zero-order chi connectivity index (χ0) is 36.8. The Kier molecular flexibility index (Phi) is 11.5. The van der Waals surface area contributed by atoms with Gasteiger partial charge in [0.05, 0.1) is 34.7 Å². The minimum absolute atomic E-state index is 0.0407. The number of aliphatic imine (C=N–C) groups is 1. The monoisotopic (exact) mass is 748 g/mol. The molecule has 5 rings (SSSR count). The largest absolute Gasteiger partial charge is 0.378 e. The lowest BCUT2D eigenvalue weighted by Crippen LogP contribution is -2.10. The van der Waals surface area contributed by atoms with Crippen molar-refractivity contribution in [1.82, 2.24) is 0 Å². The van der Waals surface area contributed by atoms with Gasteiger partial charge in [-0.05, 0) is 95.8 Å². The molecule has 4 aromatic rings. The lowest BCUT2D eigenvalue weighted by molar-refractivity contribution is 0.338. The normalized spacial score (nSPS) is 14.0. The fourth-order valence-electron chi connectivity index (χ4n) is 5.50. The van der Waals surface area contributed by atoms with Crippen LogP contribution in [0.3, 0.4) is 0 Å². The quantitative estimate of drug-likeness (QED) is 0.0950. The average Bonchev–Trinajstić information content (AvgIpc) is 3.10. The van der Waals surface area contributed by atoms with Crippen LogP contribution in [0.15, 0.2) is 147 Å². The highest BCUT2D eigenvalue weighted by atomic mass is 32.2. The number of hydrogen-bond donors (Lipinski definition) is 3. The van der Waals surface area contributed by atoms with Crippen LogP contribution < -0.4 is 5.32 Å². The molecule has 0 saturated heterocycles. The van der Waals surface area contributed by atoms with Gasteiger partial charge in [-0.2, -0.15) is 25.3 Å². The van der Waals surface area contributed by atoms with Gasteiger partial charge in [-0.25, -0.2) is 0 Å². The molecule has 0 heterocycles. The number of allylic oxidation sites excluding steroid dienone is 5. The summed E-state index contributed by atoms with van der Waals surface area (Å²) in [5.41, 5.74) is 5.21. The summed E-state index contributed by atoms with van der Waals surface area (Å²) in [6, 6.07) is 25.6. The topological polar surface area (TPSA) is 176 Å². The summed E-state index contributed by atoms with van der Waals surface area (Å²) in [5, 5.41) is 3.43. The molecule has 0 amide bonds. The van der Waals surface area contributed by atoms with Crippen molar-refractivity contribution in [3.05, 3.63) is 149 Å². The van der Waals surface area contributed by atoms with Crippen LogP contribution in [0.2, 0.25) is 0 Å². The Morgan fingerprint density at radius 2 is 1.33 bits per heavy atom. The van der Waals surface area contributed by atoms with Gasteiger partial charge in [-0.15, -0.1) is 0 Å². The predicted octanol–water partition coefficient (Wildman–Crippen LogP) is 7.04. The second kappa shape index (κ2) is 15.7. The standard InChI is InChI=1S/C37H36N2O9S3/c1-3-35(27-15-23-32(24-16-27)49(40,41)42)39-31-19-13-29(14-20-31)37(34-7-5-6-8-36(34)50(43,44)45)28-11-17-30(18-12-28)38-25-26-9-21-33(22-10-26)51(46,47)48-4-2/h5-24,35,39H,3-4,25H2,1-2H3,(H,40,41,42)(H,43,44,45). The number of nitrogens with zero attached hydrogens (tertiary/aromatic N) is 1. The summed E-state index contributed by atoms with van der Waals surface area (Å²) in [7, 11) is -12.7. The highest BCUT2D eigenvalue weighted by molar-refractivity contribution is 7.87. The molecule has 0 aromatic heterocycles. The van der Waals surface area contributed by atoms with E-state index >= 15 is 0 Å². The minimum Gasteiger partial charge on any atom is -0.378 e. The van der Waals surface area contributed by atoms with Crippen LogP contribution >= 0.6 is 0 Å².